The first-order valence-corrected chi connectivity index (χ1v) is 7.77. The molecule has 1 saturated heterocycles. The van der Waals surface area contributed by atoms with E-state index in [-0.39, 0.29) is 17.5 Å². The lowest BCUT2D eigenvalue weighted by Gasteiger charge is -2.26. The first-order valence-electron chi connectivity index (χ1n) is 4.21. The normalized spacial score (nSPS) is 20.6. The molecular formula is C8H10BrNO2S2. The van der Waals surface area contributed by atoms with E-state index in [9.17, 15) is 8.42 Å². The lowest BCUT2D eigenvalue weighted by Crippen LogP contribution is -2.50. The second kappa shape index (κ2) is 3.92. The number of hydrogen-bond donors (Lipinski definition) is 1. The van der Waals surface area contributed by atoms with Crippen LogP contribution in [-0.2, 0) is 16.4 Å². The highest BCUT2D eigenvalue weighted by atomic mass is 79.9. The Bertz CT molecular complexity index is 414. The molecule has 6 heteroatoms. The Morgan fingerprint density at radius 1 is 1.50 bits per heavy atom. The van der Waals surface area contributed by atoms with Gasteiger partial charge in [-0.15, -0.1) is 0 Å². The Morgan fingerprint density at radius 3 is 2.71 bits per heavy atom. The van der Waals surface area contributed by atoms with Gasteiger partial charge in [-0.1, -0.05) is 0 Å². The first kappa shape index (κ1) is 10.6. The first-order chi connectivity index (χ1) is 6.57. The second-order valence-corrected chi connectivity index (χ2v) is 7.15. The Hall–Kier alpha value is 0.0900. The van der Waals surface area contributed by atoms with Crippen LogP contribution < -0.4 is 5.32 Å². The summed E-state index contributed by atoms with van der Waals surface area (Å²) in [4.78, 5) is 0. The van der Waals surface area contributed by atoms with E-state index in [1.54, 1.807) is 11.3 Å². The Kier molecular flexibility index (Phi) is 2.97. The lowest BCUT2D eigenvalue weighted by atomic mass is 10.3. The number of hydrogen-bond acceptors (Lipinski definition) is 4. The van der Waals surface area contributed by atoms with E-state index in [1.807, 2.05) is 5.38 Å². The van der Waals surface area contributed by atoms with Gasteiger partial charge in [0.15, 0.2) is 9.84 Å². The lowest BCUT2D eigenvalue weighted by molar-refractivity contribution is 0.511. The van der Waals surface area contributed by atoms with Crippen molar-refractivity contribution in [3.05, 3.63) is 20.8 Å². The third kappa shape index (κ3) is 2.36. The molecule has 0 unspecified atom stereocenters. The van der Waals surface area contributed by atoms with Gasteiger partial charge in [0.25, 0.3) is 0 Å². The average molecular weight is 296 g/mol. The molecule has 0 spiro atoms. The van der Waals surface area contributed by atoms with E-state index in [2.05, 4.69) is 26.6 Å². The Morgan fingerprint density at radius 2 is 2.21 bits per heavy atom. The van der Waals surface area contributed by atoms with Gasteiger partial charge in [0.2, 0.25) is 0 Å². The molecule has 1 aliphatic heterocycles. The van der Waals surface area contributed by atoms with Gasteiger partial charge in [-0.05, 0) is 26.9 Å². The molecule has 2 rings (SSSR count). The fourth-order valence-electron chi connectivity index (χ4n) is 1.37. The van der Waals surface area contributed by atoms with E-state index in [4.69, 9.17) is 0 Å². The van der Waals surface area contributed by atoms with Crippen LogP contribution >= 0.6 is 27.3 Å². The largest absolute Gasteiger partial charge is 0.308 e. The smallest absolute Gasteiger partial charge is 0.153 e. The van der Waals surface area contributed by atoms with E-state index in [0.717, 1.165) is 11.0 Å². The van der Waals surface area contributed by atoms with Crippen LogP contribution in [0.15, 0.2) is 15.2 Å². The maximum absolute atomic E-state index is 10.9. The molecule has 0 amide bonds. The highest BCUT2D eigenvalue weighted by Gasteiger charge is 2.32. The van der Waals surface area contributed by atoms with Gasteiger partial charge in [0.05, 0.1) is 11.5 Å². The van der Waals surface area contributed by atoms with Crippen molar-refractivity contribution in [2.24, 2.45) is 0 Å². The molecule has 0 aromatic carbocycles. The van der Waals surface area contributed by atoms with Crippen LogP contribution in [0.2, 0.25) is 0 Å². The van der Waals surface area contributed by atoms with E-state index in [1.165, 1.54) is 5.56 Å². The van der Waals surface area contributed by atoms with E-state index in [0.29, 0.717) is 0 Å². The third-order valence-corrected chi connectivity index (χ3v) is 5.83. The summed E-state index contributed by atoms with van der Waals surface area (Å²) >= 11 is 5.07. The summed E-state index contributed by atoms with van der Waals surface area (Å²) in [5.74, 6) is 0.573. The van der Waals surface area contributed by atoms with Crippen LogP contribution in [-0.4, -0.2) is 26.0 Å². The number of nitrogens with one attached hydrogen (secondary N) is 1. The molecule has 14 heavy (non-hydrogen) atoms. The Labute approximate surface area is 95.6 Å². The van der Waals surface area contributed by atoms with Gasteiger partial charge in [-0.2, -0.15) is 11.3 Å². The summed E-state index contributed by atoms with van der Waals surface area (Å²) in [7, 11) is -2.70. The third-order valence-electron chi connectivity index (χ3n) is 2.18. The minimum absolute atomic E-state index is 0.145. The fraction of sp³-hybridized carbons (Fsp3) is 0.500. The molecule has 0 bridgehead atoms. The minimum atomic E-state index is -2.70. The molecule has 1 aliphatic rings. The summed E-state index contributed by atoms with van der Waals surface area (Å²) in [6.07, 6.45) is 0. The maximum atomic E-state index is 10.9. The van der Waals surface area contributed by atoms with Crippen LogP contribution in [0.1, 0.15) is 5.56 Å². The van der Waals surface area contributed by atoms with Gasteiger partial charge in [-0.3, -0.25) is 0 Å². The number of thiophene rings is 1. The SMILES string of the molecule is O=S1(=O)CC(NCc2cscc2Br)C1. The molecule has 1 N–H and O–H groups in total. The van der Waals surface area contributed by atoms with Crippen molar-refractivity contribution in [2.45, 2.75) is 12.6 Å². The van der Waals surface area contributed by atoms with Gasteiger partial charge in [0, 0.05) is 22.4 Å². The number of halogens is 1. The number of rotatable bonds is 3. The minimum Gasteiger partial charge on any atom is -0.308 e. The molecule has 1 aromatic rings. The van der Waals surface area contributed by atoms with Crippen molar-refractivity contribution in [3.8, 4) is 0 Å². The molecular weight excluding hydrogens is 286 g/mol. The zero-order chi connectivity index (χ0) is 10.2. The second-order valence-electron chi connectivity index (χ2n) is 3.40. The topological polar surface area (TPSA) is 46.2 Å². The monoisotopic (exact) mass is 295 g/mol. The molecule has 0 aliphatic carbocycles. The van der Waals surface area contributed by atoms with Crippen molar-refractivity contribution < 1.29 is 8.42 Å². The van der Waals surface area contributed by atoms with E-state index >= 15 is 0 Å². The van der Waals surface area contributed by atoms with Gasteiger partial charge < -0.3 is 5.32 Å². The summed E-state index contributed by atoms with van der Waals surface area (Å²) in [5.41, 5.74) is 1.19. The quantitative estimate of drug-likeness (QED) is 0.917. The van der Waals surface area contributed by atoms with Gasteiger partial charge >= 0.3 is 0 Å². The Balaban J connectivity index is 1.82. The highest BCUT2D eigenvalue weighted by Crippen LogP contribution is 2.21. The molecule has 2 heterocycles. The van der Waals surface area contributed by atoms with Crippen molar-refractivity contribution in [1.82, 2.24) is 5.32 Å². The van der Waals surface area contributed by atoms with Crippen LogP contribution in [0.5, 0.6) is 0 Å². The molecule has 0 radical (unpaired) electrons. The predicted octanol–water partition coefficient (Wildman–Crippen LogP) is 1.40. The van der Waals surface area contributed by atoms with Crippen molar-refractivity contribution in [2.75, 3.05) is 11.5 Å². The van der Waals surface area contributed by atoms with E-state index < -0.39 is 9.84 Å². The van der Waals surface area contributed by atoms with Crippen LogP contribution in [0.25, 0.3) is 0 Å². The van der Waals surface area contributed by atoms with Crippen molar-refractivity contribution in [1.29, 1.82) is 0 Å². The van der Waals surface area contributed by atoms with Crippen LogP contribution in [0.4, 0.5) is 0 Å². The molecule has 1 aromatic heterocycles. The summed E-state index contributed by atoms with van der Waals surface area (Å²) in [5, 5.41) is 7.30. The summed E-state index contributed by atoms with van der Waals surface area (Å²) in [6.45, 7) is 0.740. The van der Waals surface area contributed by atoms with Crippen LogP contribution in [0.3, 0.4) is 0 Å². The standard InChI is InChI=1S/C8H10BrNO2S2/c9-8-3-13-2-6(8)1-10-7-4-14(11,12)5-7/h2-3,7,10H,1,4-5H2. The molecule has 1 fully saturated rings. The zero-order valence-electron chi connectivity index (χ0n) is 7.36. The van der Waals surface area contributed by atoms with Crippen molar-refractivity contribution >= 4 is 37.1 Å². The van der Waals surface area contributed by atoms with Crippen LogP contribution in [0, 0.1) is 0 Å². The summed E-state index contributed by atoms with van der Waals surface area (Å²) in [6, 6.07) is 0.145. The highest BCUT2D eigenvalue weighted by molar-refractivity contribution is 9.10. The van der Waals surface area contributed by atoms with Crippen molar-refractivity contribution in [3.63, 3.8) is 0 Å². The molecule has 0 saturated carbocycles. The summed E-state index contributed by atoms with van der Waals surface area (Å²) < 4.78 is 22.9. The van der Waals surface area contributed by atoms with Gasteiger partial charge in [-0.25, -0.2) is 8.42 Å². The van der Waals surface area contributed by atoms with Gasteiger partial charge in [0.1, 0.15) is 0 Å². The maximum Gasteiger partial charge on any atom is 0.153 e. The number of sulfone groups is 1. The average Bonchev–Trinajstić information content (AvgIpc) is 2.44. The fourth-order valence-corrected chi connectivity index (χ4v) is 4.18. The molecule has 3 nitrogen and oxygen atoms in total. The predicted molar refractivity (Wildman–Crippen MR) is 61.3 cm³/mol. The zero-order valence-corrected chi connectivity index (χ0v) is 10.6. The molecule has 0 atom stereocenters. The molecule has 78 valence electrons.